The number of ether oxygens (including phenoxy) is 2. The number of rotatable bonds is 7. The molecule has 0 atom stereocenters. The minimum atomic E-state index is -1.03. The van der Waals surface area contributed by atoms with Gasteiger partial charge in [-0.1, -0.05) is 13.3 Å². The molecule has 0 saturated carbocycles. The molecule has 0 fully saturated rings. The Morgan fingerprint density at radius 1 is 1.41 bits per heavy atom. The minimum absolute atomic E-state index is 0.357. The third-order valence-electron chi connectivity index (χ3n) is 2.10. The third kappa shape index (κ3) is 4.63. The van der Waals surface area contributed by atoms with Gasteiger partial charge in [0.05, 0.1) is 12.3 Å². The van der Waals surface area contributed by atoms with Crippen LogP contribution in [0.3, 0.4) is 0 Å². The third-order valence-corrected chi connectivity index (χ3v) is 2.10. The van der Waals surface area contributed by atoms with Gasteiger partial charge in [-0.3, -0.25) is 0 Å². The highest BCUT2D eigenvalue weighted by molar-refractivity contribution is 5.69. The number of hydrogen-bond acceptors (Lipinski definition) is 4. The van der Waals surface area contributed by atoms with Crippen molar-refractivity contribution in [1.82, 2.24) is 0 Å². The first-order chi connectivity index (χ1) is 8.13. The van der Waals surface area contributed by atoms with Crippen LogP contribution in [0.5, 0.6) is 11.5 Å². The zero-order valence-corrected chi connectivity index (χ0v) is 9.81. The number of aliphatic carboxylic acids is 1. The highest BCUT2D eigenvalue weighted by Crippen LogP contribution is 2.26. The van der Waals surface area contributed by atoms with Gasteiger partial charge in [0.25, 0.3) is 0 Å². The molecule has 17 heavy (non-hydrogen) atoms. The number of benzene rings is 1. The van der Waals surface area contributed by atoms with E-state index in [1.165, 1.54) is 0 Å². The van der Waals surface area contributed by atoms with Crippen molar-refractivity contribution in [2.24, 2.45) is 0 Å². The fourth-order valence-corrected chi connectivity index (χ4v) is 1.22. The molecule has 0 aliphatic rings. The molecule has 1 rings (SSSR count). The van der Waals surface area contributed by atoms with Crippen molar-refractivity contribution < 1.29 is 19.4 Å². The maximum Gasteiger partial charge on any atom is 0.341 e. The van der Waals surface area contributed by atoms with Gasteiger partial charge in [0.1, 0.15) is 11.5 Å². The van der Waals surface area contributed by atoms with Gasteiger partial charge < -0.3 is 20.3 Å². The van der Waals surface area contributed by atoms with Crippen molar-refractivity contribution in [3.8, 4) is 11.5 Å². The molecule has 3 N–H and O–H groups in total. The van der Waals surface area contributed by atoms with E-state index >= 15 is 0 Å². The summed E-state index contributed by atoms with van der Waals surface area (Å²) < 4.78 is 10.5. The van der Waals surface area contributed by atoms with Crippen molar-refractivity contribution in [3.63, 3.8) is 0 Å². The summed E-state index contributed by atoms with van der Waals surface area (Å²) in [6.07, 6.45) is 2.05. The van der Waals surface area contributed by atoms with Crippen molar-refractivity contribution in [1.29, 1.82) is 0 Å². The monoisotopic (exact) mass is 239 g/mol. The van der Waals surface area contributed by atoms with Gasteiger partial charge in [-0.25, -0.2) is 4.79 Å². The van der Waals surface area contributed by atoms with Gasteiger partial charge in [-0.15, -0.1) is 0 Å². The van der Waals surface area contributed by atoms with Gasteiger partial charge in [-0.2, -0.15) is 0 Å². The lowest BCUT2D eigenvalue weighted by Crippen LogP contribution is -2.10. The van der Waals surface area contributed by atoms with Crippen molar-refractivity contribution in [3.05, 3.63) is 18.2 Å². The predicted octanol–water partition coefficient (Wildman–Crippen LogP) is 1.91. The van der Waals surface area contributed by atoms with E-state index in [1.807, 2.05) is 0 Å². The molecule has 5 nitrogen and oxygen atoms in total. The van der Waals surface area contributed by atoms with E-state index in [0.717, 1.165) is 12.8 Å². The molecule has 0 bridgehead atoms. The average molecular weight is 239 g/mol. The van der Waals surface area contributed by atoms with Crippen LogP contribution < -0.4 is 15.2 Å². The lowest BCUT2D eigenvalue weighted by molar-refractivity contribution is -0.139. The number of nitrogens with two attached hydrogens (primary N) is 1. The van der Waals surface area contributed by atoms with E-state index < -0.39 is 12.6 Å². The quantitative estimate of drug-likeness (QED) is 0.561. The molecule has 0 aliphatic carbocycles. The van der Waals surface area contributed by atoms with Crippen LogP contribution in [0.25, 0.3) is 0 Å². The van der Waals surface area contributed by atoms with Crippen LogP contribution >= 0.6 is 0 Å². The van der Waals surface area contributed by atoms with E-state index in [0.29, 0.717) is 23.8 Å². The molecule has 1 aromatic carbocycles. The molecule has 5 heteroatoms. The van der Waals surface area contributed by atoms with E-state index in [1.54, 1.807) is 18.2 Å². The standard InChI is InChI=1S/C12H17NO4/c1-2-3-6-16-9-4-5-11(10(13)7-9)17-8-12(14)15/h4-5,7H,2-3,6,8,13H2,1H3,(H,14,15). The molecule has 1 aromatic rings. The Hall–Kier alpha value is -1.91. The number of hydrogen-bond donors (Lipinski definition) is 2. The van der Waals surface area contributed by atoms with E-state index in [2.05, 4.69) is 6.92 Å². The molecular formula is C12H17NO4. The maximum absolute atomic E-state index is 10.3. The first-order valence-corrected chi connectivity index (χ1v) is 5.50. The fourth-order valence-electron chi connectivity index (χ4n) is 1.22. The van der Waals surface area contributed by atoms with E-state index in [4.69, 9.17) is 20.3 Å². The number of carboxylic acid groups (broad SMARTS) is 1. The summed E-state index contributed by atoms with van der Waals surface area (Å²) in [6, 6.07) is 4.95. The number of nitrogen functional groups attached to an aromatic ring is 1. The summed E-state index contributed by atoms with van der Waals surface area (Å²) in [5, 5.41) is 8.47. The largest absolute Gasteiger partial charge is 0.494 e. The summed E-state index contributed by atoms with van der Waals surface area (Å²) >= 11 is 0. The molecule has 0 radical (unpaired) electrons. The second-order valence-corrected chi connectivity index (χ2v) is 3.58. The second kappa shape index (κ2) is 6.62. The molecule has 0 heterocycles. The lowest BCUT2D eigenvalue weighted by atomic mass is 10.3. The van der Waals surface area contributed by atoms with Gasteiger partial charge in [0.15, 0.2) is 6.61 Å². The van der Waals surface area contributed by atoms with Crippen LogP contribution in [0.1, 0.15) is 19.8 Å². The molecule has 0 unspecified atom stereocenters. The van der Waals surface area contributed by atoms with Crippen LogP contribution in [-0.2, 0) is 4.79 Å². The zero-order chi connectivity index (χ0) is 12.7. The van der Waals surface area contributed by atoms with Gasteiger partial charge >= 0.3 is 5.97 Å². The van der Waals surface area contributed by atoms with Gasteiger partial charge in [0, 0.05) is 6.07 Å². The maximum atomic E-state index is 10.3. The molecule has 0 aromatic heterocycles. The number of carboxylic acids is 1. The molecule has 94 valence electrons. The highest BCUT2D eigenvalue weighted by atomic mass is 16.5. The summed E-state index contributed by atoms with van der Waals surface area (Å²) in [4.78, 5) is 10.3. The summed E-state index contributed by atoms with van der Waals surface area (Å²) in [5.74, 6) is -0.0125. The predicted molar refractivity (Wildman–Crippen MR) is 64.4 cm³/mol. The van der Waals surface area contributed by atoms with E-state index in [-0.39, 0.29) is 0 Å². The average Bonchev–Trinajstić information content (AvgIpc) is 2.28. The number of anilines is 1. The number of carbonyl (C=O) groups is 1. The van der Waals surface area contributed by atoms with Gasteiger partial charge in [0.2, 0.25) is 0 Å². The molecular weight excluding hydrogens is 222 g/mol. The molecule has 0 amide bonds. The Bertz CT molecular complexity index is 379. The topological polar surface area (TPSA) is 81.8 Å². The SMILES string of the molecule is CCCCOc1ccc(OCC(=O)O)c(N)c1. The summed E-state index contributed by atoms with van der Waals surface area (Å²) in [7, 11) is 0. The zero-order valence-electron chi connectivity index (χ0n) is 9.81. The smallest absolute Gasteiger partial charge is 0.341 e. The summed E-state index contributed by atoms with van der Waals surface area (Å²) in [6.45, 7) is 2.33. The molecule has 0 spiro atoms. The van der Waals surface area contributed by atoms with Crippen molar-refractivity contribution in [2.45, 2.75) is 19.8 Å². The van der Waals surface area contributed by atoms with Crippen LogP contribution in [-0.4, -0.2) is 24.3 Å². The minimum Gasteiger partial charge on any atom is -0.494 e. The fraction of sp³-hybridized carbons (Fsp3) is 0.417. The molecule has 0 aliphatic heterocycles. The second-order valence-electron chi connectivity index (χ2n) is 3.58. The van der Waals surface area contributed by atoms with Crippen LogP contribution in [0, 0.1) is 0 Å². The molecule has 0 saturated heterocycles. The van der Waals surface area contributed by atoms with Crippen LogP contribution in [0.2, 0.25) is 0 Å². The Labute approximate surface area is 100 Å². The first kappa shape index (κ1) is 13.2. The lowest BCUT2D eigenvalue weighted by Gasteiger charge is -2.09. The normalized spacial score (nSPS) is 9.94. The van der Waals surface area contributed by atoms with Gasteiger partial charge in [-0.05, 0) is 18.6 Å². The van der Waals surface area contributed by atoms with Crippen molar-refractivity contribution >= 4 is 11.7 Å². The van der Waals surface area contributed by atoms with Crippen molar-refractivity contribution in [2.75, 3.05) is 18.9 Å². The Morgan fingerprint density at radius 2 is 2.18 bits per heavy atom. The Kier molecular flexibility index (Phi) is 5.13. The highest BCUT2D eigenvalue weighted by Gasteiger charge is 2.05. The Morgan fingerprint density at radius 3 is 2.76 bits per heavy atom. The van der Waals surface area contributed by atoms with Crippen LogP contribution in [0.4, 0.5) is 5.69 Å². The number of unbranched alkanes of at least 4 members (excludes halogenated alkanes) is 1. The summed E-state index contributed by atoms with van der Waals surface area (Å²) in [5.41, 5.74) is 6.09. The van der Waals surface area contributed by atoms with Crippen LogP contribution in [0.15, 0.2) is 18.2 Å². The Balaban J connectivity index is 2.56. The first-order valence-electron chi connectivity index (χ1n) is 5.50. The van der Waals surface area contributed by atoms with E-state index in [9.17, 15) is 4.79 Å².